The molecule has 0 saturated heterocycles. The zero-order chi connectivity index (χ0) is 13.8. The van der Waals surface area contributed by atoms with Crippen molar-refractivity contribution in [3.8, 4) is 0 Å². The molecular weight excluding hydrogens is 291 g/mol. The minimum absolute atomic E-state index is 0.0221. The number of aromatic nitrogens is 1. The third-order valence-electron chi connectivity index (χ3n) is 3.25. The van der Waals surface area contributed by atoms with Crippen molar-refractivity contribution in [1.82, 2.24) is 4.98 Å². The summed E-state index contributed by atoms with van der Waals surface area (Å²) in [6.07, 6.45) is 0.479. The fraction of sp³-hybridized carbons (Fsp3) is 0.667. The minimum atomic E-state index is -0.943. The molecule has 1 unspecified atom stereocenters. The zero-order valence-corrected chi connectivity index (χ0v) is 13.1. The van der Waals surface area contributed by atoms with Gasteiger partial charge in [-0.25, -0.2) is 4.98 Å². The summed E-state index contributed by atoms with van der Waals surface area (Å²) in [6.45, 7) is 8.01. The number of carbonyl (C=O) groups is 1. The molecule has 1 amide bonds. The van der Waals surface area contributed by atoms with E-state index in [9.17, 15) is 4.79 Å². The Morgan fingerprint density at radius 2 is 2.06 bits per heavy atom. The number of hydrogen-bond donors (Lipinski definition) is 1. The molecular formula is C12H16Cl2N2OS. The number of hydrogen-bond acceptors (Lipinski definition) is 3. The van der Waals surface area contributed by atoms with Gasteiger partial charge in [-0.2, -0.15) is 0 Å². The fourth-order valence-electron chi connectivity index (χ4n) is 1.56. The smallest absolute Gasteiger partial charge is 0.235 e. The van der Waals surface area contributed by atoms with Crippen molar-refractivity contribution >= 4 is 45.6 Å². The highest BCUT2D eigenvalue weighted by Gasteiger charge is 2.68. The van der Waals surface area contributed by atoms with E-state index >= 15 is 0 Å². The lowest BCUT2D eigenvalue weighted by Crippen LogP contribution is -2.26. The van der Waals surface area contributed by atoms with Crippen LogP contribution >= 0.6 is 34.5 Å². The van der Waals surface area contributed by atoms with Crippen LogP contribution in [0.4, 0.5) is 5.13 Å². The molecule has 6 heteroatoms. The van der Waals surface area contributed by atoms with Gasteiger partial charge in [0.05, 0.1) is 11.1 Å². The lowest BCUT2D eigenvalue weighted by atomic mass is 9.93. The van der Waals surface area contributed by atoms with Gasteiger partial charge in [-0.05, 0) is 13.3 Å². The number of nitrogens with zero attached hydrogens (tertiary/aromatic N) is 1. The summed E-state index contributed by atoms with van der Waals surface area (Å²) < 4.78 is -0.943. The highest BCUT2D eigenvalue weighted by molar-refractivity contribution is 7.14. The Labute approximate surface area is 121 Å². The molecule has 0 aromatic carbocycles. The lowest BCUT2D eigenvalue weighted by molar-refractivity contribution is -0.120. The van der Waals surface area contributed by atoms with Crippen molar-refractivity contribution < 1.29 is 4.79 Å². The largest absolute Gasteiger partial charge is 0.301 e. The quantitative estimate of drug-likeness (QED) is 0.840. The topological polar surface area (TPSA) is 42.0 Å². The predicted octanol–water partition coefficient (Wildman–Crippen LogP) is 3.96. The molecule has 0 spiro atoms. The first-order valence-electron chi connectivity index (χ1n) is 5.71. The molecule has 1 saturated carbocycles. The monoisotopic (exact) mass is 306 g/mol. The molecule has 1 aliphatic rings. The number of rotatable bonds is 2. The van der Waals surface area contributed by atoms with Gasteiger partial charge in [-0.1, -0.05) is 20.8 Å². The molecule has 0 radical (unpaired) electrons. The molecule has 1 N–H and O–H groups in total. The molecule has 2 rings (SSSR count). The summed E-state index contributed by atoms with van der Waals surface area (Å²) in [5.41, 5.74) is 0.238. The van der Waals surface area contributed by atoms with Crippen LogP contribution in [0.2, 0.25) is 0 Å². The van der Waals surface area contributed by atoms with Gasteiger partial charge in [-0.3, -0.25) is 4.79 Å². The normalized spacial score (nSPS) is 25.9. The SMILES string of the molecule is CC(C)(C)c1csc(NC(=O)C2(C)CC2(Cl)Cl)n1. The van der Waals surface area contributed by atoms with Crippen LogP contribution in [0, 0.1) is 5.41 Å². The van der Waals surface area contributed by atoms with Crippen LogP contribution in [0.5, 0.6) is 0 Å². The van der Waals surface area contributed by atoms with Crippen LogP contribution in [-0.2, 0) is 10.2 Å². The Hall–Kier alpha value is -0.320. The average Bonchev–Trinajstić information content (AvgIpc) is 2.62. The summed E-state index contributed by atoms with van der Waals surface area (Å²) in [7, 11) is 0. The van der Waals surface area contributed by atoms with Crippen LogP contribution in [0.3, 0.4) is 0 Å². The molecule has 1 atom stereocenters. The zero-order valence-electron chi connectivity index (χ0n) is 10.8. The Bertz CT molecular complexity index is 493. The lowest BCUT2D eigenvalue weighted by Gasteiger charge is -2.14. The van der Waals surface area contributed by atoms with Gasteiger partial charge < -0.3 is 5.32 Å². The summed E-state index contributed by atoms with van der Waals surface area (Å²) in [5.74, 6) is -0.165. The van der Waals surface area contributed by atoms with E-state index in [4.69, 9.17) is 23.2 Å². The standard InChI is InChI=1S/C12H16Cl2N2OS/c1-10(2,3)7-5-18-9(15-7)16-8(17)11(4)6-12(11,13)14/h5H,6H2,1-4H3,(H,15,16,17). The van der Waals surface area contributed by atoms with Crippen LogP contribution in [0.15, 0.2) is 5.38 Å². The Morgan fingerprint density at radius 3 is 2.44 bits per heavy atom. The second kappa shape index (κ2) is 4.09. The third kappa shape index (κ3) is 2.38. The maximum absolute atomic E-state index is 12.1. The molecule has 1 aliphatic carbocycles. The van der Waals surface area contributed by atoms with Crippen LogP contribution in [0.25, 0.3) is 0 Å². The number of thiazole rings is 1. The summed E-state index contributed by atoms with van der Waals surface area (Å²) >= 11 is 13.4. The summed E-state index contributed by atoms with van der Waals surface area (Å²) in [4.78, 5) is 16.5. The first-order valence-corrected chi connectivity index (χ1v) is 7.35. The van der Waals surface area contributed by atoms with E-state index in [1.165, 1.54) is 11.3 Å². The first kappa shape index (κ1) is 14.1. The summed E-state index contributed by atoms with van der Waals surface area (Å²) in [5, 5.41) is 5.35. The van der Waals surface area contributed by atoms with Gasteiger partial charge in [0.1, 0.15) is 4.33 Å². The Balaban J connectivity index is 2.08. The predicted molar refractivity (Wildman–Crippen MR) is 76.6 cm³/mol. The average molecular weight is 307 g/mol. The third-order valence-corrected chi connectivity index (χ3v) is 5.11. The van der Waals surface area contributed by atoms with Gasteiger partial charge in [0.2, 0.25) is 5.91 Å². The van der Waals surface area contributed by atoms with Gasteiger partial charge in [0.15, 0.2) is 5.13 Å². The number of anilines is 1. The molecule has 0 bridgehead atoms. The van der Waals surface area contributed by atoms with E-state index in [1.54, 1.807) is 6.92 Å². The number of nitrogens with one attached hydrogen (secondary N) is 1. The first-order chi connectivity index (χ1) is 8.06. The van der Waals surface area contributed by atoms with E-state index in [2.05, 4.69) is 31.1 Å². The summed E-state index contributed by atoms with van der Waals surface area (Å²) in [6, 6.07) is 0. The van der Waals surface area contributed by atoms with E-state index in [0.29, 0.717) is 11.6 Å². The second-order valence-corrected chi connectivity index (χ2v) is 8.30. The highest BCUT2D eigenvalue weighted by Crippen LogP contribution is 2.64. The number of alkyl halides is 2. The molecule has 1 aromatic rings. The van der Waals surface area contributed by atoms with Crippen molar-refractivity contribution in [2.45, 2.75) is 43.9 Å². The number of halogens is 2. The molecule has 100 valence electrons. The maximum atomic E-state index is 12.1. The van der Waals surface area contributed by atoms with E-state index < -0.39 is 9.75 Å². The van der Waals surface area contributed by atoms with Crippen molar-refractivity contribution in [2.75, 3.05) is 5.32 Å². The molecule has 0 aliphatic heterocycles. The van der Waals surface area contributed by atoms with Crippen LogP contribution < -0.4 is 5.32 Å². The highest BCUT2D eigenvalue weighted by atomic mass is 35.5. The van der Waals surface area contributed by atoms with Crippen molar-refractivity contribution in [2.24, 2.45) is 5.41 Å². The van der Waals surface area contributed by atoms with Gasteiger partial charge in [-0.15, -0.1) is 34.5 Å². The second-order valence-electron chi connectivity index (χ2n) is 5.96. The Morgan fingerprint density at radius 1 is 1.50 bits per heavy atom. The van der Waals surface area contributed by atoms with Crippen LogP contribution in [0.1, 0.15) is 39.8 Å². The van der Waals surface area contributed by atoms with Gasteiger partial charge in [0, 0.05) is 10.8 Å². The van der Waals surface area contributed by atoms with Crippen molar-refractivity contribution in [3.63, 3.8) is 0 Å². The number of carbonyl (C=O) groups excluding carboxylic acids is 1. The molecule has 18 heavy (non-hydrogen) atoms. The molecule has 1 heterocycles. The Kier molecular flexibility index (Phi) is 3.20. The van der Waals surface area contributed by atoms with Crippen molar-refractivity contribution in [3.05, 3.63) is 11.1 Å². The fourth-order valence-corrected chi connectivity index (χ4v) is 3.20. The van der Waals surface area contributed by atoms with Crippen LogP contribution in [-0.4, -0.2) is 15.2 Å². The van der Waals surface area contributed by atoms with E-state index in [-0.39, 0.29) is 11.3 Å². The van der Waals surface area contributed by atoms with E-state index in [0.717, 1.165) is 5.69 Å². The maximum Gasteiger partial charge on any atom is 0.235 e. The molecule has 1 fully saturated rings. The molecule has 3 nitrogen and oxygen atoms in total. The minimum Gasteiger partial charge on any atom is -0.301 e. The van der Waals surface area contributed by atoms with Crippen molar-refractivity contribution in [1.29, 1.82) is 0 Å². The van der Waals surface area contributed by atoms with Gasteiger partial charge >= 0.3 is 0 Å². The van der Waals surface area contributed by atoms with Gasteiger partial charge in [0.25, 0.3) is 0 Å². The number of amides is 1. The van der Waals surface area contributed by atoms with E-state index in [1.807, 2.05) is 5.38 Å². The molecule has 1 aromatic heterocycles.